The van der Waals surface area contributed by atoms with Crippen LogP contribution in [0, 0.1) is 0 Å². The topological polar surface area (TPSA) is 72.3 Å². The van der Waals surface area contributed by atoms with Gasteiger partial charge in [0.1, 0.15) is 0 Å². The van der Waals surface area contributed by atoms with E-state index in [9.17, 15) is 4.79 Å². The van der Waals surface area contributed by atoms with Gasteiger partial charge in [0.15, 0.2) is 0 Å². The molecule has 0 unspecified atom stereocenters. The van der Waals surface area contributed by atoms with Crippen molar-refractivity contribution in [3.8, 4) is 0 Å². The van der Waals surface area contributed by atoms with Crippen LogP contribution in [0.3, 0.4) is 0 Å². The molecule has 4 heteroatoms. The monoisotopic (exact) mass is 263 g/mol. The molecule has 0 aliphatic carbocycles. The summed E-state index contributed by atoms with van der Waals surface area (Å²) in [6.45, 7) is 6.18. The van der Waals surface area contributed by atoms with Crippen LogP contribution in [0.2, 0.25) is 0 Å². The summed E-state index contributed by atoms with van der Waals surface area (Å²) >= 11 is 0. The van der Waals surface area contributed by atoms with E-state index in [0.717, 1.165) is 44.5 Å². The van der Waals surface area contributed by atoms with Crippen molar-refractivity contribution in [1.29, 1.82) is 0 Å². The molecule has 0 radical (unpaired) electrons. The summed E-state index contributed by atoms with van der Waals surface area (Å²) in [5.74, 6) is -0.395. The van der Waals surface area contributed by atoms with E-state index in [1.807, 2.05) is 6.07 Å². The van der Waals surface area contributed by atoms with Crippen LogP contribution in [0.4, 0.5) is 11.4 Å². The van der Waals surface area contributed by atoms with Crippen LogP contribution >= 0.6 is 0 Å². The van der Waals surface area contributed by atoms with Gasteiger partial charge < -0.3 is 16.4 Å². The summed E-state index contributed by atoms with van der Waals surface area (Å²) in [4.78, 5) is 13.8. The predicted molar refractivity (Wildman–Crippen MR) is 81.4 cm³/mol. The summed E-state index contributed by atoms with van der Waals surface area (Å²) in [6, 6.07) is 5.30. The molecule has 0 atom stereocenters. The SMILES string of the molecule is CCCCN(CCCC)c1cc(N)ccc1C(N)=O. The lowest BCUT2D eigenvalue weighted by molar-refractivity contribution is 0.100. The largest absolute Gasteiger partial charge is 0.399 e. The van der Waals surface area contributed by atoms with Crippen LogP contribution in [-0.2, 0) is 0 Å². The number of hydrogen-bond donors (Lipinski definition) is 2. The Morgan fingerprint density at radius 2 is 1.74 bits per heavy atom. The zero-order valence-corrected chi connectivity index (χ0v) is 12.0. The number of unbranched alkanes of at least 4 members (excludes halogenated alkanes) is 2. The Balaban J connectivity index is 3.03. The van der Waals surface area contributed by atoms with Gasteiger partial charge in [0.2, 0.25) is 0 Å². The lowest BCUT2D eigenvalue weighted by Crippen LogP contribution is -2.28. The van der Waals surface area contributed by atoms with Crippen LogP contribution in [0.15, 0.2) is 18.2 Å². The van der Waals surface area contributed by atoms with E-state index < -0.39 is 5.91 Å². The van der Waals surface area contributed by atoms with Gasteiger partial charge in [-0.15, -0.1) is 0 Å². The summed E-state index contributed by atoms with van der Waals surface area (Å²) in [5.41, 5.74) is 13.4. The minimum atomic E-state index is -0.395. The normalized spacial score (nSPS) is 10.4. The van der Waals surface area contributed by atoms with E-state index in [0.29, 0.717) is 11.3 Å². The highest BCUT2D eigenvalue weighted by Gasteiger charge is 2.14. The molecular weight excluding hydrogens is 238 g/mol. The van der Waals surface area contributed by atoms with Gasteiger partial charge >= 0.3 is 0 Å². The van der Waals surface area contributed by atoms with Gasteiger partial charge in [0.05, 0.1) is 11.3 Å². The first-order valence-electron chi connectivity index (χ1n) is 7.04. The zero-order valence-electron chi connectivity index (χ0n) is 12.0. The molecule has 0 saturated carbocycles. The Morgan fingerprint density at radius 3 is 2.21 bits per heavy atom. The van der Waals surface area contributed by atoms with Crippen molar-refractivity contribution >= 4 is 17.3 Å². The molecule has 0 aromatic heterocycles. The number of rotatable bonds is 8. The molecule has 0 bridgehead atoms. The molecule has 0 fully saturated rings. The highest BCUT2D eigenvalue weighted by molar-refractivity contribution is 5.99. The Bertz CT molecular complexity index is 410. The molecule has 0 aliphatic heterocycles. The van der Waals surface area contributed by atoms with Crippen LogP contribution in [0.1, 0.15) is 49.9 Å². The molecular formula is C15H25N3O. The number of anilines is 2. The van der Waals surface area contributed by atoms with Crippen molar-refractivity contribution in [2.24, 2.45) is 5.73 Å². The first-order chi connectivity index (χ1) is 9.10. The standard InChI is InChI=1S/C15H25N3O/c1-3-5-9-18(10-6-4-2)14-11-12(16)7-8-13(14)15(17)19/h7-8,11H,3-6,9-10,16H2,1-2H3,(H2,17,19). The molecule has 0 aliphatic rings. The predicted octanol–water partition coefficient (Wildman–Crippen LogP) is 2.77. The number of hydrogen-bond acceptors (Lipinski definition) is 3. The fraction of sp³-hybridized carbons (Fsp3) is 0.533. The maximum atomic E-state index is 11.5. The Morgan fingerprint density at radius 1 is 1.16 bits per heavy atom. The van der Waals surface area contributed by atoms with E-state index in [4.69, 9.17) is 11.5 Å². The second-order valence-electron chi connectivity index (χ2n) is 4.83. The van der Waals surface area contributed by atoms with Crippen molar-refractivity contribution in [1.82, 2.24) is 0 Å². The average Bonchev–Trinajstić information content (AvgIpc) is 2.38. The number of carbonyl (C=O) groups excluding carboxylic acids is 1. The molecule has 1 amide bonds. The maximum Gasteiger partial charge on any atom is 0.250 e. The number of primary amides is 1. The Labute approximate surface area is 115 Å². The average molecular weight is 263 g/mol. The number of carbonyl (C=O) groups is 1. The third kappa shape index (κ3) is 4.47. The van der Waals surface area contributed by atoms with Crippen LogP contribution in [0.5, 0.6) is 0 Å². The van der Waals surface area contributed by atoms with Crippen molar-refractivity contribution in [2.75, 3.05) is 23.7 Å². The molecule has 4 nitrogen and oxygen atoms in total. The quantitative estimate of drug-likeness (QED) is 0.708. The molecule has 4 N–H and O–H groups in total. The van der Waals surface area contributed by atoms with Crippen LogP contribution in [0.25, 0.3) is 0 Å². The minimum Gasteiger partial charge on any atom is -0.399 e. The first kappa shape index (κ1) is 15.3. The van der Waals surface area contributed by atoms with E-state index >= 15 is 0 Å². The van der Waals surface area contributed by atoms with Gasteiger partial charge in [-0.3, -0.25) is 4.79 Å². The molecule has 1 aromatic rings. The van der Waals surface area contributed by atoms with Gasteiger partial charge in [-0.1, -0.05) is 26.7 Å². The van der Waals surface area contributed by atoms with Gasteiger partial charge in [-0.05, 0) is 31.0 Å². The second-order valence-corrected chi connectivity index (χ2v) is 4.83. The third-order valence-electron chi connectivity index (χ3n) is 3.19. The zero-order chi connectivity index (χ0) is 14.3. The Kier molecular flexibility index (Phi) is 6.19. The second kappa shape index (κ2) is 7.67. The van der Waals surface area contributed by atoms with Crippen molar-refractivity contribution < 1.29 is 4.79 Å². The summed E-state index contributed by atoms with van der Waals surface area (Å²) < 4.78 is 0. The Hall–Kier alpha value is -1.71. The fourth-order valence-corrected chi connectivity index (χ4v) is 2.07. The molecule has 106 valence electrons. The maximum absolute atomic E-state index is 11.5. The molecule has 0 spiro atoms. The summed E-state index contributed by atoms with van der Waals surface area (Å²) in [7, 11) is 0. The minimum absolute atomic E-state index is 0.395. The fourth-order valence-electron chi connectivity index (χ4n) is 2.07. The molecule has 1 aromatic carbocycles. The molecule has 0 saturated heterocycles. The first-order valence-corrected chi connectivity index (χ1v) is 7.04. The van der Waals surface area contributed by atoms with Crippen LogP contribution in [-0.4, -0.2) is 19.0 Å². The lowest BCUT2D eigenvalue weighted by Gasteiger charge is -2.26. The smallest absolute Gasteiger partial charge is 0.250 e. The molecule has 19 heavy (non-hydrogen) atoms. The van der Waals surface area contributed by atoms with Gasteiger partial charge in [0, 0.05) is 18.8 Å². The van der Waals surface area contributed by atoms with E-state index in [2.05, 4.69) is 18.7 Å². The third-order valence-corrected chi connectivity index (χ3v) is 3.19. The van der Waals surface area contributed by atoms with Gasteiger partial charge in [0.25, 0.3) is 5.91 Å². The van der Waals surface area contributed by atoms with Gasteiger partial charge in [-0.25, -0.2) is 0 Å². The van der Waals surface area contributed by atoms with Gasteiger partial charge in [-0.2, -0.15) is 0 Å². The van der Waals surface area contributed by atoms with Crippen LogP contribution < -0.4 is 16.4 Å². The number of nitrogens with two attached hydrogens (primary N) is 2. The molecule has 0 heterocycles. The number of amides is 1. The van der Waals surface area contributed by atoms with Crippen molar-refractivity contribution in [2.45, 2.75) is 39.5 Å². The molecule has 1 rings (SSSR count). The van der Waals surface area contributed by atoms with E-state index in [1.165, 1.54) is 0 Å². The van der Waals surface area contributed by atoms with Crippen molar-refractivity contribution in [3.63, 3.8) is 0 Å². The highest BCUT2D eigenvalue weighted by Crippen LogP contribution is 2.24. The highest BCUT2D eigenvalue weighted by atomic mass is 16.1. The summed E-state index contributed by atoms with van der Waals surface area (Å²) in [6.07, 6.45) is 4.43. The number of nitrogens with zero attached hydrogens (tertiary/aromatic N) is 1. The summed E-state index contributed by atoms with van der Waals surface area (Å²) in [5, 5.41) is 0. The van der Waals surface area contributed by atoms with Crippen molar-refractivity contribution in [3.05, 3.63) is 23.8 Å². The lowest BCUT2D eigenvalue weighted by atomic mass is 10.1. The van der Waals surface area contributed by atoms with E-state index in [1.54, 1.807) is 12.1 Å². The number of nitrogen functional groups attached to an aromatic ring is 1. The van der Waals surface area contributed by atoms with E-state index in [-0.39, 0.29) is 0 Å². The number of benzene rings is 1.